The molecule has 1 aliphatic heterocycles. The van der Waals surface area contributed by atoms with Gasteiger partial charge in [0.05, 0.1) is 6.61 Å². The summed E-state index contributed by atoms with van der Waals surface area (Å²) in [5.74, 6) is -5.89. The van der Waals surface area contributed by atoms with E-state index in [9.17, 15) is 50.8 Å². The molecule has 1 aromatic heterocycles. The van der Waals surface area contributed by atoms with Crippen LogP contribution in [0.4, 0.5) is 0 Å². The minimum Gasteiger partial charge on any atom is -0.508 e. The van der Waals surface area contributed by atoms with E-state index in [0.29, 0.717) is 0 Å². The number of phenols is 5. The van der Waals surface area contributed by atoms with Gasteiger partial charge in [-0.3, -0.25) is 4.79 Å². The molecule has 1 saturated heterocycles. The monoisotopic (exact) mass is 480 g/mol. The number of fused-ring (bicyclic) bond motifs is 1. The van der Waals surface area contributed by atoms with Gasteiger partial charge in [-0.2, -0.15) is 0 Å². The lowest BCUT2D eigenvalue weighted by Gasteiger charge is -2.39. The molecule has 0 radical (unpaired) electrons. The first-order valence-electron chi connectivity index (χ1n) is 9.80. The van der Waals surface area contributed by atoms with E-state index in [1.165, 1.54) is 24.3 Å². The lowest BCUT2D eigenvalue weighted by Crippen LogP contribution is -2.60. The first-order chi connectivity index (χ1) is 16.1. The summed E-state index contributed by atoms with van der Waals surface area (Å²) in [5.41, 5.74) is -1.82. The number of benzene rings is 2. The van der Waals surface area contributed by atoms with Crippen LogP contribution in [0.2, 0.25) is 0 Å². The van der Waals surface area contributed by atoms with Crippen LogP contribution in [0.3, 0.4) is 0 Å². The third kappa shape index (κ3) is 3.61. The summed E-state index contributed by atoms with van der Waals surface area (Å²) in [4.78, 5) is 13.3. The molecule has 4 rings (SSSR count). The molecule has 34 heavy (non-hydrogen) atoms. The number of phenolic OH excluding ortho intramolecular Hbond substituents is 5. The molecule has 5 atom stereocenters. The van der Waals surface area contributed by atoms with Gasteiger partial charge in [-0.25, -0.2) is 0 Å². The Labute approximate surface area is 189 Å². The third-order valence-electron chi connectivity index (χ3n) is 5.41. The summed E-state index contributed by atoms with van der Waals surface area (Å²) < 4.78 is 16.3. The van der Waals surface area contributed by atoms with Crippen molar-refractivity contribution in [3.63, 3.8) is 0 Å². The fourth-order valence-electron chi connectivity index (χ4n) is 3.54. The summed E-state index contributed by atoms with van der Waals surface area (Å²) in [5, 5.41) is 88.5. The maximum Gasteiger partial charge on any atom is 0.239 e. The molecule has 0 aliphatic carbocycles. The second-order valence-corrected chi connectivity index (χ2v) is 7.55. The highest BCUT2D eigenvalue weighted by atomic mass is 16.7. The van der Waals surface area contributed by atoms with E-state index in [4.69, 9.17) is 13.9 Å². The Kier molecular flexibility index (Phi) is 5.89. The lowest BCUT2D eigenvalue weighted by atomic mass is 9.99. The van der Waals surface area contributed by atoms with Gasteiger partial charge in [0, 0.05) is 5.56 Å². The van der Waals surface area contributed by atoms with E-state index >= 15 is 0 Å². The number of aliphatic hydroxyl groups is 4. The zero-order chi connectivity index (χ0) is 24.9. The Bertz CT molecular complexity index is 1280. The molecule has 5 unspecified atom stereocenters. The Hall–Kier alpha value is -3.75. The summed E-state index contributed by atoms with van der Waals surface area (Å²) in [6.45, 7) is -0.774. The normalized spacial score (nSPS) is 24.9. The standard InChI is InChI=1S/C21H20O13/c22-5-8-10(24)13(27)17(31)21(32-8)34-20-12(26)9-11(25)14(28)15(29)16(30)19(9)33-18(20)6-1-3-7(23)4-2-6/h1-4,8,10,13,17,21-25,27-31H,5H2. The summed E-state index contributed by atoms with van der Waals surface area (Å²) >= 11 is 0. The molecule has 2 aromatic carbocycles. The molecule has 0 spiro atoms. The zero-order valence-electron chi connectivity index (χ0n) is 17.1. The van der Waals surface area contributed by atoms with Gasteiger partial charge in [-0.05, 0) is 24.3 Å². The van der Waals surface area contributed by atoms with Crippen LogP contribution in [0, 0.1) is 0 Å². The van der Waals surface area contributed by atoms with Crippen molar-refractivity contribution in [2.75, 3.05) is 6.61 Å². The highest BCUT2D eigenvalue weighted by molar-refractivity contribution is 5.95. The number of hydrogen-bond acceptors (Lipinski definition) is 13. The van der Waals surface area contributed by atoms with E-state index < -0.39 is 88.2 Å². The molecule has 1 fully saturated rings. The van der Waals surface area contributed by atoms with Crippen molar-refractivity contribution in [2.45, 2.75) is 30.7 Å². The molecule has 0 saturated carbocycles. The van der Waals surface area contributed by atoms with Crippen LogP contribution >= 0.6 is 0 Å². The topological polar surface area (TPSA) is 231 Å². The minimum absolute atomic E-state index is 0.0860. The average molecular weight is 480 g/mol. The van der Waals surface area contributed by atoms with Crippen LogP contribution < -0.4 is 10.2 Å². The Balaban J connectivity index is 1.96. The van der Waals surface area contributed by atoms with Crippen LogP contribution in [0.25, 0.3) is 22.3 Å². The summed E-state index contributed by atoms with van der Waals surface area (Å²) in [6, 6.07) is 5.03. The summed E-state index contributed by atoms with van der Waals surface area (Å²) in [6.07, 6.45) is -8.64. The van der Waals surface area contributed by atoms with Crippen LogP contribution in [0.15, 0.2) is 33.5 Å². The number of rotatable bonds is 4. The van der Waals surface area contributed by atoms with E-state index in [-0.39, 0.29) is 11.3 Å². The fourth-order valence-corrected chi connectivity index (χ4v) is 3.54. The van der Waals surface area contributed by atoms with Gasteiger partial charge in [0.25, 0.3) is 0 Å². The highest BCUT2D eigenvalue weighted by Gasteiger charge is 2.45. The predicted octanol–water partition coefficient (Wildman–Crippen LogP) is -0.833. The molecule has 9 N–H and O–H groups in total. The maximum atomic E-state index is 13.3. The third-order valence-corrected chi connectivity index (χ3v) is 5.41. The molecule has 0 amide bonds. The van der Waals surface area contributed by atoms with E-state index in [1.54, 1.807) is 0 Å². The van der Waals surface area contributed by atoms with Crippen molar-refractivity contribution in [3.8, 4) is 45.8 Å². The SMILES string of the molecule is O=c1c(OC2OC(CO)C(O)C(O)C2O)c(-c2ccc(O)cc2)oc2c(O)c(O)c(O)c(O)c12. The van der Waals surface area contributed by atoms with Gasteiger partial charge < -0.3 is 59.8 Å². The van der Waals surface area contributed by atoms with Crippen LogP contribution in [0.1, 0.15) is 0 Å². The first kappa shape index (κ1) is 23.4. The molecule has 2 heterocycles. The minimum atomic E-state index is -1.91. The van der Waals surface area contributed by atoms with E-state index in [0.717, 1.165) is 0 Å². The van der Waals surface area contributed by atoms with Crippen molar-refractivity contribution in [3.05, 3.63) is 34.5 Å². The van der Waals surface area contributed by atoms with Gasteiger partial charge in [-0.1, -0.05) is 0 Å². The van der Waals surface area contributed by atoms with Crippen molar-refractivity contribution in [2.24, 2.45) is 0 Å². The van der Waals surface area contributed by atoms with Crippen LogP contribution in [-0.2, 0) is 4.74 Å². The maximum absolute atomic E-state index is 13.3. The second kappa shape index (κ2) is 8.55. The van der Waals surface area contributed by atoms with Crippen molar-refractivity contribution >= 4 is 11.0 Å². The first-order valence-corrected chi connectivity index (χ1v) is 9.80. The second-order valence-electron chi connectivity index (χ2n) is 7.55. The van der Waals surface area contributed by atoms with Gasteiger partial charge in [0.15, 0.2) is 17.1 Å². The zero-order valence-corrected chi connectivity index (χ0v) is 17.1. The Morgan fingerprint density at radius 1 is 0.824 bits per heavy atom. The van der Waals surface area contributed by atoms with Crippen LogP contribution in [-0.4, -0.2) is 83.3 Å². The largest absolute Gasteiger partial charge is 0.508 e. The molecule has 182 valence electrons. The van der Waals surface area contributed by atoms with Crippen molar-refractivity contribution < 1.29 is 59.8 Å². The van der Waals surface area contributed by atoms with E-state index in [1.807, 2.05) is 0 Å². The van der Waals surface area contributed by atoms with Gasteiger partial charge >= 0.3 is 0 Å². The molecular weight excluding hydrogens is 460 g/mol. The highest BCUT2D eigenvalue weighted by Crippen LogP contribution is 2.49. The van der Waals surface area contributed by atoms with Gasteiger partial charge in [0.2, 0.25) is 34.7 Å². The average Bonchev–Trinajstić information content (AvgIpc) is 2.83. The molecule has 1 aliphatic rings. The lowest BCUT2D eigenvalue weighted by molar-refractivity contribution is -0.277. The molecule has 13 nitrogen and oxygen atoms in total. The molecular formula is C21H20O13. The smallest absolute Gasteiger partial charge is 0.239 e. The predicted molar refractivity (Wildman–Crippen MR) is 111 cm³/mol. The summed E-state index contributed by atoms with van der Waals surface area (Å²) in [7, 11) is 0. The molecule has 0 bridgehead atoms. The number of aliphatic hydroxyl groups excluding tert-OH is 4. The van der Waals surface area contributed by atoms with E-state index in [2.05, 4.69) is 0 Å². The molecule has 3 aromatic rings. The van der Waals surface area contributed by atoms with Gasteiger partial charge in [0.1, 0.15) is 35.6 Å². The number of ether oxygens (including phenoxy) is 2. The Morgan fingerprint density at radius 3 is 2.06 bits per heavy atom. The fraction of sp³-hybridized carbons (Fsp3) is 0.286. The van der Waals surface area contributed by atoms with Crippen molar-refractivity contribution in [1.29, 1.82) is 0 Å². The molecule has 13 heteroatoms. The number of hydrogen-bond donors (Lipinski definition) is 9. The number of aromatic hydroxyl groups is 5. The Morgan fingerprint density at radius 2 is 1.44 bits per heavy atom. The van der Waals surface area contributed by atoms with Gasteiger partial charge in [-0.15, -0.1) is 0 Å². The quantitative estimate of drug-likeness (QED) is 0.164. The van der Waals surface area contributed by atoms with Crippen LogP contribution in [0.5, 0.6) is 34.5 Å². The van der Waals surface area contributed by atoms with Crippen molar-refractivity contribution in [1.82, 2.24) is 0 Å².